The van der Waals surface area contributed by atoms with Crippen LogP contribution in [0.4, 0.5) is 0 Å². The molecule has 1 aliphatic rings. The molecule has 29 heavy (non-hydrogen) atoms. The van der Waals surface area contributed by atoms with Gasteiger partial charge in [0.1, 0.15) is 17.4 Å². The number of aromatic nitrogens is 1. The van der Waals surface area contributed by atoms with Crippen molar-refractivity contribution in [3.05, 3.63) is 76.9 Å². The Labute approximate surface area is 171 Å². The molecule has 1 aromatic carbocycles. The Hall–Kier alpha value is -3.63. The van der Waals surface area contributed by atoms with Crippen LogP contribution in [0.15, 0.2) is 60.2 Å². The molecule has 0 spiro atoms. The summed E-state index contributed by atoms with van der Waals surface area (Å²) in [5.41, 5.74) is 2.31. The third-order valence-electron chi connectivity index (χ3n) is 4.47. The summed E-state index contributed by atoms with van der Waals surface area (Å²) in [7, 11) is 1.33. The van der Waals surface area contributed by atoms with E-state index in [-0.39, 0.29) is 11.8 Å². The van der Waals surface area contributed by atoms with Crippen LogP contribution < -0.4 is 4.74 Å². The van der Waals surface area contributed by atoms with E-state index >= 15 is 0 Å². The molecule has 0 amide bonds. The topological polar surface area (TPSA) is 81.4 Å². The molecular weight excluding hydrogens is 388 g/mol. The number of thiophene rings is 1. The average molecular weight is 404 g/mol. The third-order valence-corrected chi connectivity index (χ3v) is 5.37. The van der Waals surface area contributed by atoms with Crippen molar-refractivity contribution in [2.75, 3.05) is 13.7 Å². The number of carbonyl (C=O) groups excluding carboxylic acids is 1. The largest absolute Gasteiger partial charge is 0.501 e. The number of ether oxygens (including phenoxy) is 3. The van der Waals surface area contributed by atoms with Gasteiger partial charge in [0.25, 0.3) is 0 Å². The Bertz CT molecular complexity index is 1100. The lowest BCUT2D eigenvalue weighted by atomic mass is 9.96. The lowest BCUT2D eigenvalue weighted by Crippen LogP contribution is -2.05. The Morgan fingerprint density at radius 2 is 2.14 bits per heavy atom. The molecule has 3 aromatic rings. The summed E-state index contributed by atoms with van der Waals surface area (Å²) in [6, 6.07) is 14.6. The highest BCUT2D eigenvalue weighted by Crippen LogP contribution is 2.36. The van der Waals surface area contributed by atoms with Crippen molar-refractivity contribution in [3.8, 4) is 28.3 Å². The van der Waals surface area contributed by atoms with Crippen molar-refractivity contribution in [3.63, 3.8) is 0 Å². The number of hydrogen-bond donors (Lipinski definition) is 0. The number of benzene rings is 1. The average Bonchev–Trinajstić information content (AvgIpc) is 3.47. The molecule has 3 heterocycles. The molecule has 4 rings (SSSR count). The zero-order valence-corrected chi connectivity index (χ0v) is 16.3. The molecule has 0 saturated heterocycles. The van der Waals surface area contributed by atoms with Gasteiger partial charge in [0.2, 0.25) is 5.88 Å². The summed E-state index contributed by atoms with van der Waals surface area (Å²) in [6.07, 6.45) is 3.56. The molecule has 1 atom stereocenters. The fraction of sp³-hybridized carbons (Fsp3) is 0.136. The van der Waals surface area contributed by atoms with E-state index in [4.69, 9.17) is 14.2 Å². The second-order valence-corrected chi connectivity index (χ2v) is 7.20. The van der Waals surface area contributed by atoms with Crippen molar-refractivity contribution < 1.29 is 19.0 Å². The third kappa shape index (κ3) is 3.84. The first-order valence-corrected chi connectivity index (χ1v) is 9.71. The predicted octanol–water partition coefficient (Wildman–Crippen LogP) is 4.89. The van der Waals surface area contributed by atoms with Crippen LogP contribution >= 0.6 is 11.3 Å². The Balaban J connectivity index is 1.76. The van der Waals surface area contributed by atoms with E-state index in [2.05, 4.69) is 11.1 Å². The zero-order chi connectivity index (χ0) is 20.2. The number of hydrogen-bond acceptors (Lipinski definition) is 7. The highest BCUT2D eigenvalue weighted by molar-refractivity contribution is 7.13. The van der Waals surface area contributed by atoms with Crippen molar-refractivity contribution in [2.45, 2.75) is 5.92 Å². The SMILES string of the molecule is COC(=O)c1ccc(Oc2nc(-c3cccs3)cc(C3C=COC3)c2C#N)cc1. The first kappa shape index (κ1) is 18.7. The van der Waals surface area contributed by atoms with Gasteiger partial charge in [-0.3, -0.25) is 0 Å². The van der Waals surface area contributed by atoms with Gasteiger partial charge in [-0.1, -0.05) is 6.07 Å². The lowest BCUT2D eigenvalue weighted by Gasteiger charge is -2.15. The molecule has 144 valence electrons. The molecule has 0 radical (unpaired) electrons. The first-order valence-electron chi connectivity index (χ1n) is 8.83. The van der Waals surface area contributed by atoms with Crippen LogP contribution in [0, 0.1) is 11.3 Å². The number of nitrogens with zero attached hydrogens (tertiary/aromatic N) is 2. The monoisotopic (exact) mass is 404 g/mol. The molecule has 0 bridgehead atoms. The van der Waals surface area contributed by atoms with Gasteiger partial charge in [0.15, 0.2) is 0 Å². The van der Waals surface area contributed by atoms with Crippen molar-refractivity contribution >= 4 is 17.3 Å². The minimum atomic E-state index is -0.428. The van der Waals surface area contributed by atoms with Crippen molar-refractivity contribution in [1.29, 1.82) is 5.26 Å². The van der Waals surface area contributed by atoms with Crippen LogP contribution in [-0.4, -0.2) is 24.7 Å². The van der Waals surface area contributed by atoms with Gasteiger partial charge in [-0.15, -0.1) is 11.3 Å². The molecule has 2 aromatic heterocycles. The van der Waals surface area contributed by atoms with Crippen LogP contribution in [0.3, 0.4) is 0 Å². The van der Waals surface area contributed by atoms with E-state index in [1.54, 1.807) is 41.9 Å². The van der Waals surface area contributed by atoms with Gasteiger partial charge < -0.3 is 14.2 Å². The quantitative estimate of drug-likeness (QED) is 0.563. The summed E-state index contributed by atoms with van der Waals surface area (Å²) in [4.78, 5) is 17.2. The second-order valence-electron chi connectivity index (χ2n) is 6.25. The Morgan fingerprint density at radius 3 is 2.76 bits per heavy atom. The number of methoxy groups -OCH3 is 1. The fourth-order valence-corrected chi connectivity index (χ4v) is 3.70. The second kappa shape index (κ2) is 8.17. The van der Waals surface area contributed by atoms with Gasteiger partial charge in [0.05, 0.1) is 36.1 Å². The molecule has 0 saturated carbocycles. The van der Waals surface area contributed by atoms with E-state index < -0.39 is 5.97 Å². The number of rotatable bonds is 5. The maximum Gasteiger partial charge on any atom is 0.337 e. The first-order chi connectivity index (χ1) is 14.2. The zero-order valence-electron chi connectivity index (χ0n) is 15.5. The molecule has 0 aliphatic carbocycles. The van der Waals surface area contributed by atoms with Crippen LogP contribution in [0.5, 0.6) is 11.6 Å². The van der Waals surface area contributed by atoms with Gasteiger partial charge in [0, 0.05) is 5.92 Å². The normalized spacial score (nSPS) is 14.8. The molecule has 6 nitrogen and oxygen atoms in total. The Kier molecular flexibility index (Phi) is 5.27. The minimum Gasteiger partial charge on any atom is -0.501 e. The van der Waals surface area contributed by atoms with Crippen LogP contribution in [0.1, 0.15) is 27.4 Å². The summed E-state index contributed by atoms with van der Waals surface area (Å²) in [5, 5.41) is 11.8. The smallest absolute Gasteiger partial charge is 0.337 e. The molecule has 1 aliphatic heterocycles. The van der Waals surface area contributed by atoms with E-state index in [9.17, 15) is 10.1 Å². The number of pyridine rings is 1. The summed E-state index contributed by atoms with van der Waals surface area (Å²) in [6.45, 7) is 0.468. The highest BCUT2D eigenvalue weighted by atomic mass is 32.1. The van der Waals surface area contributed by atoms with Crippen LogP contribution in [0.25, 0.3) is 10.6 Å². The van der Waals surface area contributed by atoms with Crippen molar-refractivity contribution in [1.82, 2.24) is 4.98 Å². The number of carbonyl (C=O) groups is 1. The van der Waals surface area contributed by atoms with E-state index in [0.29, 0.717) is 23.5 Å². The van der Waals surface area contributed by atoms with E-state index in [0.717, 1.165) is 16.1 Å². The Morgan fingerprint density at radius 1 is 1.31 bits per heavy atom. The van der Waals surface area contributed by atoms with Gasteiger partial charge in [-0.05, 0) is 53.4 Å². The minimum absolute atomic E-state index is 0.0459. The molecule has 0 N–H and O–H groups in total. The molecule has 7 heteroatoms. The van der Waals surface area contributed by atoms with Crippen LogP contribution in [0.2, 0.25) is 0 Å². The molecule has 0 fully saturated rings. The maximum absolute atomic E-state index is 11.6. The number of esters is 1. The maximum atomic E-state index is 11.6. The molecule has 1 unspecified atom stereocenters. The van der Waals surface area contributed by atoms with E-state index in [1.807, 2.05) is 29.7 Å². The summed E-state index contributed by atoms with van der Waals surface area (Å²) >= 11 is 1.56. The predicted molar refractivity (Wildman–Crippen MR) is 108 cm³/mol. The standard InChI is InChI=1S/C22H16N2O4S/c1-26-22(25)14-4-6-16(7-5-14)28-21-18(12-23)17(15-8-9-27-13-15)11-19(24-21)20-3-2-10-29-20/h2-11,15H,13H2,1H3. The van der Waals surface area contributed by atoms with E-state index in [1.165, 1.54) is 7.11 Å². The summed E-state index contributed by atoms with van der Waals surface area (Å²) in [5.74, 6) is 0.214. The highest BCUT2D eigenvalue weighted by Gasteiger charge is 2.23. The lowest BCUT2D eigenvalue weighted by molar-refractivity contribution is 0.0600. The van der Waals surface area contributed by atoms with Crippen molar-refractivity contribution in [2.24, 2.45) is 0 Å². The fourth-order valence-electron chi connectivity index (χ4n) is 3.02. The van der Waals surface area contributed by atoms with Gasteiger partial charge in [-0.2, -0.15) is 5.26 Å². The number of nitriles is 1. The molecular formula is C22H16N2O4S. The van der Waals surface area contributed by atoms with Crippen LogP contribution in [-0.2, 0) is 9.47 Å². The van der Waals surface area contributed by atoms with Gasteiger partial charge in [-0.25, -0.2) is 9.78 Å². The summed E-state index contributed by atoms with van der Waals surface area (Å²) < 4.78 is 16.0. The van der Waals surface area contributed by atoms with Gasteiger partial charge >= 0.3 is 5.97 Å².